The highest BCUT2D eigenvalue weighted by Crippen LogP contribution is 2.27. The van der Waals surface area contributed by atoms with E-state index < -0.39 is 0 Å². The quantitative estimate of drug-likeness (QED) is 0.857. The van der Waals surface area contributed by atoms with E-state index in [0.717, 1.165) is 24.2 Å². The molecule has 0 aliphatic carbocycles. The largest absolute Gasteiger partial charge is 0.388 e. The molecule has 0 aliphatic heterocycles. The highest BCUT2D eigenvalue weighted by Gasteiger charge is 2.09. The van der Waals surface area contributed by atoms with Crippen LogP contribution in [0.1, 0.15) is 37.5 Å². The van der Waals surface area contributed by atoms with Crippen LogP contribution in [0.15, 0.2) is 48.5 Å². The predicted molar refractivity (Wildman–Crippen MR) is 85.6 cm³/mol. The van der Waals surface area contributed by atoms with Gasteiger partial charge in [0.25, 0.3) is 0 Å². The van der Waals surface area contributed by atoms with Gasteiger partial charge in [-0.1, -0.05) is 36.8 Å². The summed E-state index contributed by atoms with van der Waals surface area (Å²) in [5.41, 5.74) is 4.60. The topological polar surface area (TPSA) is 23.5 Å². The Hall–Kier alpha value is -1.80. The van der Waals surface area contributed by atoms with Crippen LogP contribution in [0.2, 0.25) is 0 Å². The molecule has 0 unspecified atom stereocenters. The molecule has 0 saturated heterocycles. The lowest BCUT2D eigenvalue weighted by Crippen LogP contribution is -2.15. The summed E-state index contributed by atoms with van der Waals surface area (Å²) in [7, 11) is 0. The van der Waals surface area contributed by atoms with Crippen molar-refractivity contribution in [3.63, 3.8) is 0 Å². The first-order chi connectivity index (χ1) is 9.65. The van der Waals surface area contributed by atoms with Crippen molar-refractivity contribution >= 4 is 11.4 Å². The van der Waals surface area contributed by atoms with Crippen molar-refractivity contribution in [3.8, 4) is 0 Å². The molecule has 2 nitrogen and oxygen atoms in total. The number of nitrogens with zero attached hydrogens (tertiary/aromatic N) is 1. The maximum Gasteiger partial charge on any atom is 0.0787 e. The molecule has 1 atom stereocenters. The SMILES string of the molecule is CC[C@@H](O)c1ccc(N(CC)c2ccc(C)cc2)cc1. The number of aliphatic hydroxyl groups excluding tert-OH is 1. The van der Waals surface area contributed by atoms with E-state index in [1.54, 1.807) is 0 Å². The first-order valence-corrected chi connectivity index (χ1v) is 7.28. The minimum atomic E-state index is -0.362. The van der Waals surface area contributed by atoms with Crippen LogP contribution in [0.25, 0.3) is 0 Å². The molecule has 2 aromatic carbocycles. The molecule has 2 aromatic rings. The molecular formula is C18H23NO. The lowest BCUT2D eigenvalue weighted by Gasteiger charge is -2.24. The van der Waals surface area contributed by atoms with Crippen molar-refractivity contribution in [2.75, 3.05) is 11.4 Å². The molecule has 2 rings (SSSR count). The molecule has 0 heterocycles. The van der Waals surface area contributed by atoms with Crippen molar-refractivity contribution in [1.29, 1.82) is 0 Å². The van der Waals surface area contributed by atoms with Gasteiger partial charge in [-0.05, 0) is 50.1 Å². The summed E-state index contributed by atoms with van der Waals surface area (Å²) in [6, 6.07) is 16.7. The summed E-state index contributed by atoms with van der Waals surface area (Å²) in [5.74, 6) is 0. The van der Waals surface area contributed by atoms with E-state index in [1.165, 1.54) is 11.3 Å². The molecule has 106 valence electrons. The Labute approximate surface area is 121 Å². The predicted octanol–water partition coefficient (Wildman–Crippen LogP) is 4.60. The monoisotopic (exact) mass is 269 g/mol. The van der Waals surface area contributed by atoms with Crippen LogP contribution in [0.5, 0.6) is 0 Å². The maximum atomic E-state index is 9.85. The van der Waals surface area contributed by atoms with Gasteiger partial charge in [0.1, 0.15) is 0 Å². The molecule has 0 aromatic heterocycles. The van der Waals surface area contributed by atoms with Crippen LogP contribution < -0.4 is 4.90 Å². The Kier molecular flexibility index (Phi) is 4.80. The van der Waals surface area contributed by atoms with Crippen LogP contribution in [-0.2, 0) is 0 Å². The zero-order valence-electron chi connectivity index (χ0n) is 12.5. The Balaban J connectivity index is 2.25. The number of hydrogen-bond donors (Lipinski definition) is 1. The molecule has 0 saturated carbocycles. The van der Waals surface area contributed by atoms with Gasteiger partial charge in [-0.3, -0.25) is 0 Å². The Bertz CT molecular complexity index is 530. The van der Waals surface area contributed by atoms with E-state index in [1.807, 2.05) is 19.1 Å². The van der Waals surface area contributed by atoms with Crippen molar-refractivity contribution in [3.05, 3.63) is 59.7 Å². The van der Waals surface area contributed by atoms with E-state index >= 15 is 0 Å². The highest BCUT2D eigenvalue weighted by molar-refractivity contribution is 5.63. The van der Waals surface area contributed by atoms with Crippen LogP contribution in [0, 0.1) is 6.92 Å². The molecule has 0 aliphatic rings. The molecule has 20 heavy (non-hydrogen) atoms. The van der Waals surface area contributed by atoms with Gasteiger partial charge < -0.3 is 10.0 Å². The average Bonchev–Trinajstić information content (AvgIpc) is 2.50. The third-order valence-corrected chi connectivity index (χ3v) is 3.64. The van der Waals surface area contributed by atoms with Crippen LogP contribution in [-0.4, -0.2) is 11.7 Å². The molecule has 0 fully saturated rings. The van der Waals surface area contributed by atoms with Gasteiger partial charge >= 0.3 is 0 Å². The van der Waals surface area contributed by atoms with Crippen molar-refractivity contribution < 1.29 is 5.11 Å². The normalized spacial score (nSPS) is 12.2. The van der Waals surface area contributed by atoms with Gasteiger partial charge in [0, 0.05) is 17.9 Å². The molecule has 0 amide bonds. The van der Waals surface area contributed by atoms with Crippen molar-refractivity contribution in [2.24, 2.45) is 0 Å². The van der Waals surface area contributed by atoms with Crippen LogP contribution in [0.3, 0.4) is 0 Å². The van der Waals surface area contributed by atoms with Gasteiger partial charge in [0.2, 0.25) is 0 Å². The summed E-state index contributed by atoms with van der Waals surface area (Å²) in [6.45, 7) is 7.15. The number of hydrogen-bond acceptors (Lipinski definition) is 2. The fourth-order valence-electron chi connectivity index (χ4n) is 2.35. The van der Waals surface area contributed by atoms with E-state index in [4.69, 9.17) is 0 Å². The first-order valence-electron chi connectivity index (χ1n) is 7.28. The second kappa shape index (κ2) is 6.58. The zero-order valence-corrected chi connectivity index (χ0v) is 12.5. The second-order valence-corrected chi connectivity index (χ2v) is 5.10. The molecule has 2 heteroatoms. The molecule has 0 bridgehead atoms. The summed E-state index contributed by atoms with van der Waals surface area (Å²) < 4.78 is 0. The fraction of sp³-hybridized carbons (Fsp3) is 0.333. The zero-order chi connectivity index (χ0) is 14.5. The van der Waals surface area contributed by atoms with Crippen molar-refractivity contribution in [2.45, 2.75) is 33.3 Å². The van der Waals surface area contributed by atoms with E-state index in [-0.39, 0.29) is 6.10 Å². The lowest BCUT2D eigenvalue weighted by atomic mass is 10.1. The number of benzene rings is 2. The average molecular weight is 269 g/mol. The Morgan fingerprint density at radius 1 is 0.900 bits per heavy atom. The molecular weight excluding hydrogens is 246 g/mol. The summed E-state index contributed by atoms with van der Waals surface area (Å²) in [6.07, 6.45) is 0.382. The molecule has 0 spiro atoms. The number of rotatable bonds is 5. The number of anilines is 2. The third-order valence-electron chi connectivity index (χ3n) is 3.64. The lowest BCUT2D eigenvalue weighted by molar-refractivity contribution is 0.173. The summed E-state index contributed by atoms with van der Waals surface area (Å²) in [5, 5.41) is 9.85. The fourth-order valence-corrected chi connectivity index (χ4v) is 2.35. The Morgan fingerprint density at radius 3 is 1.85 bits per heavy atom. The van der Waals surface area contributed by atoms with Crippen molar-refractivity contribution in [1.82, 2.24) is 0 Å². The number of aliphatic hydroxyl groups is 1. The second-order valence-electron chi connectivity index (χ2n) is 5.10. The van der Waals surface area contributed by atoms with Gasteiger partial charge in [0.15, 0.2) is 0 Å². The minimum Gasteiger partial charge on any atom is -0.388 e. The highest BCUT2D eigenvalue weighted by atomic mass is 16.3. The van der Waals surface area contributed by atoms with Gasteiger partial charge in [-0.2, -0.15) is 0 Å². The smallest absolute Gasteiger partial charge is 0.0787 e. The Morgan fingerprint density at radius 2 is 1.40 bits per heavy atom. The van der Waals surface area contributed by atoms with E-state index in [2.05, 4.69) is 55.1 Å². The maximum absolute atomic E-state index is 9.85. The number of aryl methyl sites for hydroxylation is 1. The van der Waals surface area contributed by atoms with E-state index in [0.29, 0.717) is 0 Å². The molecule has 0 radical (unpaired) electrons. The first kappa shape index (κ1) is 14.6. The van der Waals surface area contributed by atoms with Gasteiger partial charge in [-0.25, -0.2) is 0 Å². The molecule has 1 N–H and O–H groups in total. The van der Waals surface area contributed by atoms with Gasteiger partial charge in [-0.15, -0.1) is 0 Å². The summed E-state index contributed by atoms with van der Waals surface area (Å²) >= 11 is 0. The van der Waals surface area contributed by atoms with Gasteiger partial charge in [0.05, 0.1) is 6.10 Å². The van der Waals surface area contributed by atoms with Crippen LogP contribution >= 0.6 is 0 Å². The summed E-state index contributed by atoms with van der Waals surface area (Å²) in [4.78, 5) is 2.27. The standard InChI is InChI=1S/C18H23NO/c1-4-18(20)15-8-12-17(13-9-15)19(5-2)16-10-6-14(3)7-11-16/h6-13,18,20H,4-5H2,1-3H3/t18-/m1/s1. The minimum absolute atomic E-state index is 0.362. The van der Waals surface area contributed by atoms with E-state index in [9.17, 15) is 5.11 Å². The third kappa shape index (κ3) is 3.20. The van der Waals surface area contributed by atoms with Crippen LogP contribution in [0.4, 0.5) is 11.4 Å².